The van der Waals surface area contributed by atoms with Crippen LogP contribution in [0.1, 0.15) is 18.0 Å². The summed E-state index contributed by atoms with van der Waals surface area (Å²) in [7, 11) is 0. The first-order chi connectivity index (χ1) is 10.3. The largest absolute Gasteiger partial charge is 0.493 e. The lowest BCUT2D eigenvalue weighted by Gasteiger charge is -2.30. The van der Waals surface area contributed by atoms with E-state index >= 15 is 0 Å². The quantitative estimate of drug-likeness (QED) is 0.840. The van der Waals surface area contributed by atoms with Crippen LogP contribution in [0.2, 0.25) is 0 Å². The molecule has 0 spiro atoms. The predicted octanol–water partition coefficient (Wildman–Crippen LogP) is 0.793. The van der Waals surface area contributed by atoms with Gasteiger partial charge in [0.15, 0.2) is 0 Å². The third-order valence-corrected chi connectivity index (χ3v) is 4.13. The number of ether oxygens (including phenoxy) is 2. The molecule has 21 heavy (non-hydrogen) atoms. The summed E-state index contributed by atoms with van der Waals surface area (Å²) in [5, 5.41) is 13.7. The van der Waals surface area contributed by atoms with Crippen molar-refractivity contribution in [1.82, 2.24) is 10.2 Å². The summed E-state index contributed by atoms with van der Waals surface area (Å²) in [5.74, 6) is 0.962. The van der Waals surface area contributed by atoms with Gasteiger partial charge < -0.3 is 19.9 Å². The van der Waals surface area contributed by atoms with E-state index in [1.165, 1.54) is 5.56 Å². The number of aliphatic hydroxyl groups is 1. The van der Waals surface area contributed by atoms with E-state index in [1.54, 1.807) is 0 Å². The number of hydrogen-bond donors (Lipinski definition) is 2. The SMILES string of the molecule is OC(CNC1CCOc2ccccc21)CN1CCOCC1. The molecule has 0 saturated carbocycles. The molecular weight excluding hydrogens is 268 g/mol. The number of para-hydroxylation sites is 1. The van der Waals surface area contributed by atoms with E-state index in [4.69, 9.17) is 9.47 Å². The Morgan fingerprint density at radius 3 is 2.90 bits per heavy atom. The highest BCUT2D eigenvalue weighted by molar-refractivity contribution is 5.37. The summed E-state index contributed by atoms with van der Waals surface area (Å²) in [4.78, 5) is 2.26. The number of benzene rings is 1. The highest BCUT2D eigenvalue weighted by atomic mass is 16.5. The van der Waals surface area contributed by atoms with Crippen LogP contribution in [0, 0.1) is 0 Å². The van der Waals surface area contributed by atoms with Crippen LogP contribution in [0.3, 0.4) is 0 Å². The molecule has 2 N–H and O–H groups in total. The second kappa shape index (κ2) is 7.22. The van der Waals surface area contributed by atoms with Gasteiger partial charge in [-0.2, -0.15) is 0 Å². The molecule has 1 fully saturated rings. The summed E-state index contributed by atoms with van der Waals surface area (Å²) in [5.41, 5.74) is 1.20. The van der Waals surface area contributed by atoms with Gasteiger partial charge in [-0.15, -0.1) is 0 Å². The minimum absolute atomic E-state index is 0.272. The van der Waals surface area contributed by atoms with Crippen LogP contribution in [0.25, 0.3) is 0 Å². The molecule has 2 aliphatic rings. The third-order valence-electron chi connectivity index (χ3n) is 4.13. The molecule has 1 aromatic rings. The summed E-state index contributed by atoms with van der Waals surface area (Å²) in [6.07, 6.45) is 0.597. The maximum atomic E-state index is 10.2. The number of aliphatic hydroxyl groups excluding tert-OH is 1. The Labute approximate surface area is 125 Å². The Morgan fingerprint density at radius 1 is 1.24 bits per heavy atom. The van der Waals surface area contributed by atoms with Crippen LogP contribution >= 0.6 is 0 Å². The second-order valence-corrected chi connectivity index (χ2v) is 5.70. The molecule has 0 bridgehead atoms. The summed E-state index contributed by atoms with van der Waals surface area (Å²) in [6.45, 7) is 5.42. The molecule has 1 saturated heterocycles. The van der Waals surface area contributed by atoms with Crippen LogP contribution in [0.5, 0.6) is 5.75 Å². The van der Waals surface area contributed by atoms with Crippen LogP contribution in [0.15, 0.2) is 24.3 Å². The van der Waals surface area contributed by atoms with Crippen molar-refractivity contribution in [1.29, 1.82) is 0 Å². The molecule has 5 nitrogen and oxygen atoms in total. The smallest absolute Gasteiger partial charge is 0.124 e. The van der Waals surface area contributed by atoms with Gasteiger partial charge in [-0.1, -0.05) is 18.2 Å². The standard InChI is InChI=1S/C16H24N2O3/c19-13(12-18-6-9-20-10-7-18)11-17-15-5-8-21-16-4-2-1-3-14(15)16/h1-4,13,15,17,19H,5-12H2. The topological polar surface area (TPSA) is 54.0 Å². The van der Waals surface area contributed by atoms with Gasteiger partial charge in [0.05, 0.1) is 25.9 Å². The van der Waals surface area contributed by atoms with Gasteiger partial charge in [0.2, 0.25) is 0 Å². The molecule has 5 heteroatoms. The molecule has 0 amide bonds. The van der Waals surface area contributed by atoms with Gasteiger partial charge >= 0.3 is 0 Å². The molecule has 2 heterocycles. The number of β-amino-alcohol motifs (C(OH)–C–C–N with tert-alkyl or cyclic N) is 1. The van der Waals surface area contributed by atoms with Crippen LogP contribution in [-0.2, 0) is 4.74 Å². The zero-order valence-electron chi connectivity index (χ0n) is 12.3. The molecule has 2 unspecified atom stereocenters. The van der Waals surface area contributed by atoms with Crippen molar-refractivity contribution in [3.8, 4) is 5.75 Å². The van der Waals surface area contributed by atoms with E-state index < -0.39 is 0 Å². The first-order valence-electron chi connectivity index (χ1n) is 7.76. The fourth-order valence-corrected chi connectivity index (χ4v) is 2.98. The fourth-order valence-electron chi connectivity index (χ4n) is 2.98. The third kappa shape index (κ3) is 3.95. The van der Waals surface area contributed by atoms with Gasteiger partial charge in [-0.05, 0) is 6.07 Å². The van der Waals surface area contributed by atoms with E-state index in [2.05, 4.69) is 16.3 Å². The predicted molar refractivity (Wildman–Crippen MR) is 80.6 cm³/mol. The van der Waals surface area contributed by atoms with Gasteiger partial charge in [-0.25, -0.2) is 0 Å². The molecular formula is C16H24N2O3. The van der Waals surface area contributed by atoms with Crippen molar-refractivity contribution in [3.05, 3.63) is 29.8 Å². The lowest BCUT2D eigenvalue weighted by molar-refractivity contribution is 0.0142. The van der Waals surface area contributed by atoms with Crippen LogP contribution in [-0.4, -0.2) is 62.1 Å². The van der Waals surface area contributed by atoms with E-state index in [9.17, 15) is 5.11 Å². The zero-order chi connectivity index (χ0) is 14.5. The lowest BCUT2D eigenvalue weighted by atomic mass is 10.0. The van der Waals surface area contributed by atoms with Crippen molar-refractivity contribution < 1.29 is 14.6 Å². The van der Waals surface area contributed by atoms with Gasteiger partial charge in [0, 0.05) is 44.2 Å². The van der Waals surface area contributed by atoms with E-state index in [1.807, 2.05) is 18.2 Å². The zero-order valence-corrected chi connectivity index (χ0v) is 12.3. The van der Waals surface area contributed by atoms with E-state index in [0.29, 0.717) is 13.1 Å². The van der Waals surface area contributed by atoms with Crippen molar-refractivity contribution in [2.75, 3.05) is 46.0 Å². The van der Waals surface area contributed by atoms with Crippen molar-refractivity contribution in [3.63, 3.8) is 0 Å². The Bertz CT molecular complexity index is 449. The Hall–Kier alpha value is -1.14. The number of nitrogens with one attached hydrogen (secondary N) is 1. The van der Waals surface area contributed by atoms with Crippen LogP contribution in [0.4, 0.5) is 0 Å². The highest BCUT2D eigenvalue weighted by Crippen LogP contribution is 2.31. The normalized spacial score (nSPS) is 24.1. The number of rotatable bonds is 5. The average molecular weight is 292 g/mol. The van der Waals surface area contributed by atoms with E-state index in [-0.39, 0.29) is 12.1 Å². The first-order valence-corrected chi connectivity index (χ1v) is 7.76. The van der Waals surface area contributed by atoms with Crippen molar-refractivity contribution >= 4 is 0 Å². The maximum absolute atomic E-state index is 10.2. The van der Waals surface area contributed by atoms with E-state index in [0.717, 1.165) is 45.1 Å². The summed E-state index contributed by atoms with van der Waals surface area (Å²) >= 11 is 0. The number of hydrogen-bond acceptors (Lipinski definition) is 5. The minimum Gasteiger partial charge on any atom is -0.493 e. The van der Waals surface area contributed by atoms with Crippen molar-refractivity contribution in [2.45, 2.75) is 18.6 Å². The minimum atomic E-state index is -0.349. The second-order valence-electron chi connectivity index (χ2n) is 5.70. The molecule has 116 valence electrons. The number of morpholine rings is 1. The molecule has 2 atom stereocenters. The molecule has 1 aromatic carbocycles. The highest BCUT2D eigenvalue weighted by Gasteiger charge is 2.22. The fraction of sp³-hybridized carbons (Fsp3) is 0.625. The van der Waals surface area contributed by atoms with Gasteiger partial charge in [0.1, 0.15) is 5.75 Å². The molecule has 3 rings (SSSR count). The summed E-state index contributed by atoms with van der Waals surface area (Å²) in [6, 6.07) is 8.41. The monoisotopic (exact) mass is 292 g/mol. The average Bonchev–Trinajstić information content (AvgIpc) is 2.54. The van der Waals surface area contributed by atoms with Crippen LogP contribution < -0.4 is 10.1 Å². The van der Waals surface area contributed by atoms with Gasteiger partial charge in [0.25, 0.3) is 0 Å². The molecule has 0 aliphatic carbocycles. The maximum Gasteiger partial charge on any atom is 0.124 e. The molecule has 2 aliphatic heterocycles. The van der Waals surface area contributed by atoms with Crippen molar-refractivity contribution in [2.24, 2.45) is 0 Å². The molecule has 0 aromatic heterocycles. The lowest BCUT2D eigenvalue weighted by Crippen LogP contribution is -2.44. The first kappa shape index (κ1) is 14.8. The number of nitrogens with zero attached hydrogens (tertiary/aromatic N) is 1. The molecule has 0 radical (unpaired) electrons. The Kier molecular flexibility index (Phi) is 5.08. The number of fused-ring (bicyclic) bond motifs is 1. The van der Waals surface area contributed by atoms with Gasteiger partial charge in [-0.3, -0.25) is 4.90 Å². The Balaban J connectivity index is 1.49. The summed E-state index contributed by atoms with van der Waals surface area (Å²) < 4.78 is 11.0. The Morgan fingerprint density at radius 2 is 2.05 bits per heavy atom.